The number of hydrogen-bond acceptors (Lipinski definition) is 1. The van der Waals surface area contributed by atoms with Crippen LogP contribution in [0.15, 0.2) is 11.8 Å². The van der Waals surface area contributed by atoms with E-state index in [9.17, 15) is 0 Å². The summed E-state index contributed by atoms with van der Waals surface area (Å²) in [5.74, 6) is 1.93. The summed E-state index contributed by atoms with van der Waals surface area (Å²) in [5.41, 5.74) is 0.336. The van der Waals surface area contributed by atoms with Crippen molar-refractivity contribution in [3.63, 3.8) is 0 Å². The molecule has 0 saturated carbocycles. The Hall–Kier alpha value is -0.460. The molecule has 0 N–H and O–H groups in total. The van der Waals surface area contributed by atoms with Gasteiger partial charge < -0.3 is 4.74 Å². The summed E-state index contributed by atoms with van der Waals surface area (Å²) in [4.78, 5) is 0. The molecule has 1 aliphatic carbocycles. The zero-order chi connectivity index (χ0) is 8.48. The van der Waals surface area contributed by atoms with Crippen LogP contribution < -0.4 is 0 Å². The number of methoxy groups -OCH3 is 1. The first-order valence-corrected chi connectivity index (χ1v) is 4.29. The third kappa shape index (κ3) is 2.25. The molecule has 0 aromatic rings. The third-order valence-electron chi connectivity index (χ3n) is 2.24. The first-order chi connectivity index (χ1) is 5.03. The molecule has 0 aromatic carbocycles. The van der Waals surface area contributed by atoms with Crippen molar-refractivity contribution >= 4 is 0 Å². The zero-order valence-corrected chi connectivity index (χ0v) is 7.98. The maximum absolute atomic E-state index is 5.26. The maximum Gasteiger partial charge on any atom is 0.0923 e. The smallest absolute Gasteiger partial charge is 0.0923 e. The Kier molecular flexibility index (Phi) is 2.26. The zero-order valence-electron chi connectivity index (χ0n) is 7.98. The van der Waals surface area contributed by atoms with Crippen molar-refractivity contribution in [2.75, 3.05) is 7.11 Å². The first-order valence-electron chi connectivity index (χ1n) is 4.29. The highest BCUT2D eigenvalue weighted by molar-refractivity contribution is 5.07. The van der Waals surface area contributed by atoms with E-state index in [0.717, 1.165) is 18.1 Å². The molecule has 0 radical (unpaired) electrons. The van der Waals surface area contributed by atoms with Gasteiger partial charge in [-0.1, -0.05) is 20.8 Å². The van der Waals surface area contributed by atoms with Crippen LogP contribution in [-0.4, -0.2) is 7.11 Å². The van der Waals surface area contributed by atoms with E-state index in [2.05, 4.69) is 26.8 Å². The summed E-state index contributed by atoms with van der Waals surface area (Å²) in [5, 5.41) is 0. The Bertz CT molecular complexity index is 168. The fourth-order valence-electron chi connectivity index (χ4n) is 2.01. The molecule has 64 valence electrons. The lowest BCUT2D eigenvalue weighted by Crippen LogP contribution is -2.19. The van der Waals surface area contributed by atoms with Gasteiger partial charge in [-0.3, -0.25) is 0 Å². The van der Waals surface area contributed by atoms with Gasteiger partial charge in [0.25, 0.3) is 0 Å². The molecule has 1 nitrogen and oxygen atoms in total. The van der Waals surface area contributed by atoms with Crippen LogP contribution >= 0.6 is 0 Å². The van der Waals surface area contributed by atoms with Crippen LogP contribution in [0.3, 0.4) is 0 Å². The van der Waals surface area contributed by atoms with E-state index in [0.29, 0.717) is 5.41 Å². The highest BCUT2D eigenvalue weighted by atomic mass is 16.5. The summed E-state index contributed by atoms with van der Waals surface area (Å²) < 4.78 is 5.26. The predicted octanol–water partition coefficient (Wildman–Crippen LogP) is 2.97. The van der Waals surface area contributed by atoms with Gasteiger partial charge in [-0.05, 0) is 23.8 Å². The van der Waals surface area contributed by atoms with Crippen LogP contribution in [0, 0.1) is 11.3 Å². The van der Waals surface area contributed by atoms with Crippen molar-refractivity contribution in [3.05, 3.63) is 11.8 Å². The molecule has 0 spiro atoms. The number of rotatable bonds is 1. The van der Waals surface area contributed by atoms with Crippen molar-refractivity contribution in [3.8, 4) is 0 Å². The second kappa shape index (κ2) is 2.88. The van der Waals surface area contributed by atoms with Gasteiger partial charge >= 0.3 is 0 Å². The largest absolute Gasteiger partial charge is 0.501 e. The Labute approximate surface area is 69.4 Å². The van der Waals surface area contributed by atoms with Gasteiger partial charge in [0.1, 0.15) is 0 Å². The Morgan fingerprint density at radius 2 is 2.18 bits per heavy atom. The Morgan fingerprint density at radius 3 is 2.64 bits per heavy atom. The van der Waals surface area contributed by atoms with Gasteiger partial charge in [0.15, 0.2) is 0 Å². The van der Waals surface area contributed by atoms with E-state index in [4.69, 9.17) is 4.74 Å². The van der Waals surface area contributed by atoms with E-state index in [-0.39, 0.29) is 0 Å². The van der Waals surface area contributed by atoms with E-state index >= 15 is 0 Å². The summed E-state index contributed by atoms with van der Waals surface area (Å²) in [6.45, 7) is 6.82. The average Bonchev–Trinajstić information content (AvgIpc) is 1.83. The lowest BCUT2D eigenvalue weighted by Gasteiger charge is -2.31. The summed E-state index contributed by atoms with van der Waals surface area (Å²) in [7, 11) is 1.76. The normalized spacial score (nSPS) is 29.5. The van der Waals surface area contributed by atoms with E-state index in [1.165, 1.54) is 6.42 Å². The van der Waals surface area contributed by atoms with Crippen molar-refractivity contribution in [1.29, 1.82) is 0 Å². The quantitative estimate of drug-likeness (QED) is 0.564. The summed E-state index contributed by atoms with van der Waals surface area (Å²) in [6.07, 6.45) is 4.65. The molecule has 0 aromatic heterocycles. The van der Waals surface area contributed by atoms with Crippen LogP contribution in [0.5, 0.6) is 0 Å². The van der Waals surface area contributed by atoms with Crippen molar-refractivity contribution in [2.45, 2.75) is 33.6 Å². The van der Waals surface area contributed by atoms with Gasteiger partial charge in [0, 0.05) is 6.42 Å². The lowest BCUT2D eigenvalue weighted by molar-refractivity contribution is 0.210. The molecule has 1 heteroatoms. The van der Waals surface area contributed by atoms with Gasteiger partial charge in [-0.15, -0.1) is 0 Å². The minimum absolute atomic E-state index is 0.336. The second-order valence-corrected chi connectivity index (χ2v) is 4.32. The number of ether oxygens (including phenoxy) is 1. The molecule has 0 aliphatic heterocycles. The highest BCUT2D eigenvalue weighted by Gasteiger charge is 2.25. The summed E-state index contributed by atoms with van der Waals surface area (Å²) in [6, 6.07) is 0. The van der Waals surface area contributed by atoms with Crippen LogP contribution in [0.25, 0.3) is 0 Å². The summed E-state index contributed by atoms with van der Waals surface area (Å²) >= 11 is 0. The topological polar surface area (TPSA) is 9.23 Å². The maximum atomic E-state index is 5.26. The van der Waals surface area contributed by atoms with Crippen LogP contribution in [0.2, 0.25) is 0 Å². The lowest BCUT2D eigenvalue weighted by atomic mass is 9.77. The number of hydrogen-bond donors (Lipinski definition) is 0. The standard InChI is InChI=1S/C10H18O/c1-8-5-9(11-4)7-10(2,3)6-8/h7-8H,5-6H2,1-4H3. The molecule has 1 atom stereocenters. The van der Waals surface area contributed by atoms with Crippen molar-refractivity contribution in [2.24, 2.45) is 11.3 Å². The van der Waals surface area contributed by atoms with Crippen LogP contribution in [0.1, 0.15) is 33.6 Å². The SMILES string of the molecule is COC1=CC(C)(C)CC(C)C1. The monoisotopic (exact) mass is 154 g/mol. The van der Waals surface area contributed by atoms with E-state index < -0.39 is 0 Å². The molecular weight excluding hydrogens is 136 g/mol. The molecule has 0 fully saturated rings. The van der Waals surface area contributed by atoms with E-state index in [1.54, 1.807) is 7.11 Å². The third-order valence-corrected chi connectivity index (χ3v) is 2.24. The molecule has 0 heterocycles. The molecular formula is C10H18O. The fourth-order valence-corrected chi connectivity index (χ4v) is 2.01. The molecule has 0 bridgehead atoms. The Balaban J connectivity index is 2.74. The van der Waals surface area contributed by atoms with Crippen molar-refractivity contribution in [1.82, 2.24) is 0 Å². The van der Waals surface area contributed by atoms with E-state index in [1.807, 2.05) is 0 Å². The molecule has 1 unspecified atom stereocenters. The average molecular weight is 154 g/mol. The van der Waals surface area contributed by atoms with Crippen LogP contribution in [0.4, 0.5) is 0 Å². The van der Waals surface area contributed by atoms with Crippen LogP contribution in [-0.2, 0) is 4.74 Å². The Morgan fingerprint density at radius 1 is 1.55 bits per heavy atom. The molecule has 1 aliphatic rings. The number of allylic oxidation sites excluding steroid dienone is 2. The first kappa shape index (κ1) is 8.63. The minimum Gasteiger partial charge on any atom is -0.501 e. The molecule has 0 amide bonds. The molecule has 11 heavy (non-hydrogen) atoms. The van der Waals surface area contributed by atoms with Gasteiger partial charge in [-0.2, -0.15) is 0 Å². The van der Waals surface area contributed by atoms with Crippen molar-refractivity contribution < 1.29 is 4.74 Å². The van der Waals surface area contributed by atoms with Gasteiger partial charge in [0.2, 0.25) is 0 Å². The predicted molar refractivity (Wildman–Crippen MR) is 47.3 cm³/mol. The minimum atomic E-state index is 0.336. The fraction of sp³-hybridized carbons (Fsp3) is 0.800. The van der Waals surface area contributed by atoms with Gasteiger partial charge in [-0.25, -0.2) is 0 Å². The molecule has 0 saturated heterocycles. The second-order valence-electron chi connectivity index (χ2n) is 4.32. The van der Waals surface area contributed by atoms with Gasteiger partial charge in [0.05, 0.1) is 12.9 Å². The highest BCUT2D eigenvalue weighted by Crippen LogP contribution is 2.36. The molecule has 1 rings (SSSR count).